The van der Waals surface area contributed by atoms with E-state index in [9.17, 15) is 4.39 Å². The van der Waals surface area contributed by atoms with Crippen LogP contribution in [0.1, 0.15) is 46.1 Å². The molecule has 0 aliphatic rings. The van der Waals surface area contributed by atoms with Gasteiger partial charge in [-0.15, -0.1) is 0 Å². The molecule has 1 unspecified atom stereocenters. The van der Waals surface area contributed by atoms with Crippen LogP contribution in [0.5, 0.6) is 0 Å². The van der Waals surface area contributed by atoms with Gasteiger partial charge in [-0.2, -0.15) is 11.8 Å². The second-order valence-electron chi connectivity index (χ2n) is 5.82. The average Bonchev–Trinajstić information content (AvgIpc) is 2.39. The highest BCUT2D eigenvalue weighted by Crippen LogP contribution is 2.32. The minimum Gasteiger partial charge on any atom is -0.207 e. The Hall–Kier alpha value is -0.760. The number of thioether (sulfide) groups is 1. The molecular formula is C18H27FS. The molecule has 0 fully saturated rings. The fourth-order valence-corrected chi connectivity index (χ4v) is 3.56. The van der Waals surface area contributed by atoms with E-state index >= 15 is 0 Å². The summed E-state index contributed by atoms with van der Waals surface area (Å²) in [6, 6.07) is 6.78. The van der Waals surface area contributed by atoms with Gasteiger partial charge in [0.05, 0.1) is 0 Å². The van der Waals surface area contributed by atoms with E-state index in [0.717, 1.165) is 6.42 Å². The Morgan fingerprint density at radius 3 is 2.40 bits per heavy atom. The van der Waals surface area contributed by atoms with Gasteiger partial charge in [0.15, 0.2) is 0 Å². The molecule has 1 aromatic rings. The predicted octanol–water partition coefficient (Wildman–Crippen LogP) is 5.87. The molecule has 0 aliphatic carbocycles. The van der Waals surface area contributed by atoms with Crippen molar-refractivity contribution >= 4 is 11.8 Å². The molecule has 0 bridgehead atoms. The summed E-state index contributed by atoms with van der Waals surface area (Å²) in [5.74, 6) is 1.63. The Kier molecular flexibility index (Phi) is 7.36. The smallest absolute Gasteiger partial charge is 0.123 e. The fourth-order valence-electron chi connectivity index (χ4n) is 2.45. The first-order chi connectivity index (χ1) is 9.46. The van der Waals surface area contributed by atoms with Gasteiger partial charge in [0.1, 0.15) is 5.82 Å². The van der Waals surface area contributed by atoms with Gasteiger partial charge in [0.2, 0.25) is 0 Å². The van der Waals surface area contributed by atoms with Crippen molar-refractivity contribution in [3.05, 3.63) is 47.8 Å². The molecular weight excluding hydrogens is 267 g/mol. The molecule has 0 spiro atoms. The lowest BCUT2D eigenvalue weighted by molar-refractivity contribution is 0.496. The molecule has 0 heterocycles. The fraction of sp³-hybridized carbons (Fsp3) is 0.556. The van der Waals surface area contributed by atoms with Crippen LogP contribution in [-0.2, 0) is 6.42 Å². The van der Waals surface area contributed by atoms with E-state index < -0.39 is 0 Å². The van der Waals surface area contributed by atoms with E-state index in [-0.39, 0.29) is 5.82 Å². The maximum absolute atomic E-state index is 12.8. The summed E-state index contributed by atoms with van der Waals surface area (Å²) < 4.78 is 13.2. The van der Waals surface area contributed by atoms with Crippen LogP contribution in [0.3, 0.4) is 0 Å². The maximum atomic E-state index is 12.8. The number of hydrogen-bond acceptors (Lipinski definition) is 1. The third-order valence-corrected chi connectivity index (χ3v) is 4.73. The Labute approximate surface area is 127 Å². The highest BCUT2D eigenvalue weighted by Gasteiger charge is 2.20. The Balaban J connectivity index is 2.51. The molecule has 112 valence electrons. The molecule has 0 radical (unpaired) electrons. The maximum Gasteiger partial charge on any atom is 0.123 e. The molecule has 0 aliphatic heterocycles. The van der Waals surface area contributed by atoms with Crippen LogP contribution >= 0.6 is 11.8 Å². The largest absolute Gasteiger partial charge is 0.207 e. The van der Waals surface area contributed by atoms with Gasteiger partial charge in [-0.25, -0.2) is 4.39 Å². The normalized spacial score (nSPS) is 13.8. The lowest BCUT2D eigenvalue weighted by Crippen LogP contribution is -2.19. The van der Waals surface area contributed by atoms with Gasteiger partial charge in [-0.1, -0.05) is 52.0 Å². The summed E-state index contributed by atoms with van der Waals surface area (Å²) in [5, 5.41) is 0. The van der Waals surface area contributed by atoms with Crippen LogP contribution in [-0.4, -0.2) is 10.5 Å². The molecule has 1 atom stereocenters. The molecule has 2 heteroatoms. The van der Waals surface area contributed by atoms with E-state index in [1.165, 1.54) is 36.3 Å². The van der Waals surface area contributed by atoms with E-state index in [4.69, 9.17) is 0 Å². The third kappa shape index (κ3) is 6.60. The minimum absolute atomic E-state index is 0.164. The second kappa shape index (κ2) is 8.51. The van der Waals surface area contributed by atoms with Crippen molar-refractivity contribution in [1.82, 2.24) is 0 Å². The first kappa shape index (κ1) is 17.3. The molecule has 0 saturated heterocycles. The molecule has 20 heavy (non-hydrogen) atoms. The number of allylic oxidation sites excluding steroid dienone is 2. The van der Waals surface area contributed by atoms with Gasteiger partial charge in [0, 0.05) is 4.75 Å². The summed E-state index contributed by atoms with van der Waals surface area (Å²) >= 11 is 2.03. The highest BCUT2D eigenvalue weighted by molar-refractivity contribution is 8.00. The SMILES string of the molecule is CCSC(C)(C)CC(C=CCc1ccc(F)cc1)CC. The monoisotopic (exact) mass is 294 g/mol. The molecule has 0 amide bonds. The topological polar surface area (TPSA) is 0 Å². The zero-order valence-corrected chi connectivity index (χ0v) is 14.0. The van der Waals surface area contributed by atoms with Crippen molar-refractivity contribution in [1.29, 1.82) is 0 Å². The van der Waals surface area contributed by atoms with Crippen molar-refractivity contribution in [3.63, 3.8) is 0 Å². The number of halogens is 1. The van der Waals surface area contributed by atoms with Gasteiger partial charge in [-0.05, 0) is 48.6 Å². The first-order valence-electron chi connectivity index (χ1n) is 7.52. The summed E-state index contributed by atoms with van der Waals surface area (Å²) in [6.07, 6.45) is 7.84. The predicted molar refractivity (Wildman–Crippen MR) is 89.9 cm³/mol. The van der Waals surface area contributed by atoms with Crippen molar-refractivity contribution in [3.8, 4) is 0 Å². The zero-order chi connectivity index (χ0) is 15.0. The van der Waals surface area contributed by atoms with Crippen molar-refractivity contribution in [2.24, 2.45) is 5.92 Å². The number of hydrogen-bond donors (Lipinski definition) is 0. The van der Waals surface area contributed by atoms with Gasteiger partial charge in [-0.3, -0.25) is 0 Å². The summed E-state index contributed by atoms with van der Waals surface area (Å²) in [6.45, 7) is 9.13. The summed E-state index contributed by atoms with van der Waals surface area (Å²) in [5.41, 5.74) is 1.17. The standard InChI is InChI=1S/C18H27FS/c1-5-15(14-18(3,4)20-6-2)8-7-9-16-10-12-17(19)13-11-16/h7-8,10-13,15H,5-6,9,14H2,1-4H3. The summed E-state index contributed by atoms with van der Waals surface area (Å²) in [4.78, 5) is 0. The van der Waals surface area contributed by atoms with Crippen molar-refractivity contribution in [2.75, 3.05) is 5.75 Å². The lowest BCUT2D eigenvalue weighted by atomic mass is 9.93. The molecule has 0 saturated carbocycles. The molecule has 1 rings (SSSR count). The van der Waals surface area contributed by atoms with Crippen molar-refractivity contribution < 1.29 is 4.39 Å². The number of rotatable bonds is 8. The minimum atomic E-state index is -0.164. The number of benzene rings is 1. The van der Waals surface area contributed by atoms with Gasteiger partial charge < -0.3 is 0 Å². The average molecular weight is 294 g/mol. The zero-order valence-electron chi connectivity index (χ0n) is 13.2. The van der Waals surface area contributed by atoms with E-state index in [1.807, 2.05) is 23.9 Å². The van der Waals surface area contributed by atoms with Crippen molar-refractivity contribution in [2.45, 2.75) is 51.7 Å². The quantitative estimate of drug-likeness (QED) is 0.540. The highest BCUT2D eigenvalue weighted by atomic mass is 32.2. The van der Waals surface area contributed by atoms with Crippen LogP contribution in [0.2, 0.25) is 0 Å². The Bertz CT molecular complexity index is 406. The van der Waals surface area contributed by atoms with E-state index in [0.29, 0.717) is 10.7 Å². The summed E-state index contributed by atoms with van der Waals surface area (Å²) in [7, 11) is 0. The second-order valence-corrected chi connectivity index (χ2v) is 7.80. The molecule has 0 N–H and O–H groups in total. The van der Waals surface area contributed by atoms with Gasteiger partial charge >= 0.3 is 0 Å². The van der Waals surface area contributed by atoms with Crippen LogP contribution in [0.25, 0.3) is 0 Å². The van der Waals surface area contributed by atoms with Crippen LogP contribution in [0.4, 0.5) is 4.39 Å². The lowest BCUT2D eigenvalue weighted by Gasteiger charge is -2.27. The van der Waals surface area contributed by atoms with Crippen LogP contribution in [0, 0.1) is 11.7 Å². The van der Waals surface area contributed by atoms with Crippen LogP contribution < -0.4 is 0 Å². The van der Waals surface area contributed by atoms with Gasteiger partial charge in [0.25, 0.3) is 0 Å². The first-order valence-corrected chi connectivity index (χ1v) is 8.50. The molecule has 0 aromatic heterocycles. The Morgan fingerprint density at radius 2 is 1.85 bits per heavy atom. The van der Waals surface area contributed by atoms with Crippen LogP contribution in [0.15, 0.2) is 36.4 Å². The Morgan fingerprint density at radius 1 is 1.20 bits per heavy atom. The molecule has 0 nitrogen and oxygen atoms in total. The third-order valence-electron chi connectivity index (χ3n) is 3.49. The van der Waals surface area contributed by atoms with E-state index in [2.05, 4.69) is 39.8 Å². The molecule has 1 aromatic carbocycles. The van der Waals surface area contributed by atoms with E-state index in [1.54, 1.807) is 0 Å².